The minimum absolute atomic E-state index is 0.0666. The van der Waals surface area contributed by atoms with Crippen molar-refractivity contribution in [1.29, 1.82) is 0 Å². The third-order valence-corrected chi connectivity index (χ3v) is 4.36. The molecule has 0 unspecified atom stereocenters. The molecule has 0 atom stereocenters. The van der Waals surface area contributed by atoms with Crippen LogP contribution in [0.1, 0.15) is 11.1 Å². The highest BCUT2D eigenvalue weighted by Crippen LogP contribution is 2.21. The Morgan fingerprint density at radius 2 is 1.77 bits per heavy atom. The van der Waals surface area contributed by atoms with Crippen LogP contribution >= 0.6 is 23.2 Å². The van der Waals surface area contributed by atoms with E-state index >= 15 is 0 Å². The fraction of sp³-hybridized carbons (Fsp3) is 0.0667. The Kier molecular flexibility index (Phi) is 8.49. The summed E-state index contributed by atoms with van der Waals surface area (Å²) < 4.78 is 29.6. The Morgan fingerprint density at radius 1 is 1.15 bits per heavy atom. The topological polar surface area (TPSA) is 137 Å². The lowest BCUT2D eigenvalue weighted by Crippen LogP contribution is -2.27. The Morgan fingerprint density at radius 3 is 2.27 bits per heavy atom. The zero-order valence-corrected chi connectivity index (χ0v) is 15.8. The van der Waals surface area contributed by atoms with Crippen LogP contribution in [0, 0.1) is 6.92 Å². The molecule has 0 spiro atoms. The maximum absolute atomic E-state index is 10.5. The van der Waals surface area contributed by atoms with E-state index in [-0.39, 0.29) is 10.9 Å². The maximum atomic E-state index is 10.5. The van der Waals surface area contributed by atoms with Gasteiger partial charge in [0.25, 0.3) is 10.1 Å². The Bertz CT molecular complexity index is 900. The summed E-state index contributed by atoms with van der Waals surface area (Å²) in [7, 11) is -4.02. The minimum atomic E-state index is -4.02. The predicted octanol–water partition coefficient (Wildman–Crippen LogP) is 2.86. The molecule has 8 nitrogen and oxygen atoms in total. The molecule has 2 aromatic carbocycles. The number of rotatable bonds is 3. The molecule has 0 aromatic heterocycles. The molecule has 0 saturated heterocycles. The highest BCUT2D eigenvalue weighted by atomic mass is 35.5. The van der Waals surface area contributed by atoms with Gasteiger partial charge in [0.15, 0.2) is 0 Å². The van der Waals surface area contributed by atoms with E-state index in [1.54, 1.807) is 35.8 Å². The van der Waals surface area contributed by atoms with E-state index in [1.807, 2.05) is 6.92 Å². The van der Waals surface area contributed by atoms with E-state index in [4.69, 9.17) is 38.7 Å². The van der Waals surface area contributed by atoms with Gasteiger partial charge in [0.2, 0.25) is 5.96 Å². The molecular weight excluding hydrogens is 403 g/mol. The second-order valence-corrected chi connectivity index (χ2v) is 7.04. The van der Waals surface area contributed by atoms with Crippen LogP contribution in [0.5, 0.6) is 0 Å². The van der Waals surface area contributed by atoms with Crippen LogP contribution in [-0.4, -0.2) is 30.4 Å². The number of guanidine groups is 1. The number of benzene rings is 2. The van der Waals surface area contributed by atoms with Crippen LogP contribution in [0.3, 0.4) is 0 Å². The molecule has 26 heavy (non-hydrogen) atoms. The zero-order chi connectivity index (χ0) is 19.7. The first-order valence-corrected chi connectivity index (χ1v) is 9.09. The molecule has 0 amide bonds. The molecule has 0 bridgehead atoms. The number of hydrogen-bond donors (Lipinski definition) is 4. The monoisotopic (exact) mass is 418 g/mol. The molecular formula is C15H16Cl2N4O4S. The highest BCUT2D eigenvalue weighted by Gasteiger charge is 2.06. The van der Waals surface area contributed by atoms with Crippen LogP contribution in [0.25, 0.3) is 0 Å². The van der Waals surface area contributed by atoms with Crippen molar-refractivity contribution >= 4 is 45.5 Å². The highest BCUT2D eigenvalue weighted by molar-refractivity contribution is 7.85. The van der Waals surface area contributed by atoms with Crippen molar-refractivity contribution in [3.8, 4) is 0 Å². The first-order chi connectivity index (χ1) is 12.1. The molecule has 11 heteroatoms. The van der Waals surface area contributed by atoms with Crippen LogP contribution in [-0.2, 0) is 10.1 Å². The lowest BCUT2D eigenvalue weighted by atomic mass is 10.2. The molecule has 0 radical (unpaired) electrons. The lowest BCUT2D eigenvalue weighted by Gasteiger charge is -1.96. The van der Waals surface area contributed by atoms with Crippen LogP contribution in [0.4, 0.5) is 0 Å². The normalized spacial score (nSPS) is 11.8. The van der Waals surface area contributed by atoms with Gasteiger partial charge in [-0.2, -0.15) is 13.5 Å². The molecule has 140 valence electrons. The van der Waals surface area contributed by atoms with Gasteiger partial charge in [-0.25, -0.2) is 5.48 Å². The number of nitrogens with one attached hydrogen (secondary N) is 1. The molecule has 2 rings (SSSR count). The second-order valence-electron chi connectivity index (χ2n) is 4.80. The Labute approximate surface area is 160 Å². The summed E-state index contributed by atoms with van der Waals surface area (Å²) >= 11 is 11.5. The average molecular weight is 419 g/mol. The summed E-state index contributed by atoms with van der Waals surface area (Å²) in [5.74, 6) is -0.202. The average Bonchev–Trinajstić information content (AvgIpc) is 2.58. The summed E-state index contributed by atoms with van der Waals surface area (Å²) in [4.78, 5) is -0.0666. The third kappa shape index (κ3) is 7.81. The van der Waals surface area contributed by atoms with Gasteiger partial charge in [-0.15, -0.1) is 5.10 Å². The van der Waals surface area contributed by atoms with Gasteiger partial charge >= 0.3 is 0 Å². The van der Waals surface area contributed by atoms with Crippen LogP contribution in [0.15, 0.2) is 57.6 Å². The van der Waals surface area contributed by atoms with E-state index in [1.165, 1.54) is 18.3 Å². The number of hydroxylamine groups is 1. The SMILES string of the molecule is Cc1ccc(S(=O)(=O)O)cc1.N/C(=N\N=C\c1ccc(Cl)c(Cl)c1)NO. The van der Waals surface area contributed by atoms with Gasteiger partial charge in [0.1, 0.15) is 0 Å². The number of halogens is 2. The summed E-state index contributed by atoms with van der Waals surface area (Å²) in [6.07, 6.45) is 1.42. The minimum Gasteiger partial charge on any atom is -0.367 e. The molecule has 0 aliphatic carbocycles. The summed E-state index contributed by atoms with van der Waals surface area (Å²) in [5.41, 5.74) is 8.43. The smallest absolute Gasteiger partial charge is 0.294 e. The summed E-state index contributed by atoms with van der Waals surface area (Å²) in [5, 5.41) is 16.2. The van der Waals surface area contributed by atoms with Crippen molar-refractivity contribution in [1.82, 2.24) is 5.48 Å². The Hall–Kier alpha value is -2.17. The second kappa shape index (κ2) is 10.1. The standard InChI is InChI=1S/C8H8Cl2N4O.C7H8O3S/c9-6-2-1-5(3-7(6)10)4-12-13-8(11)14-15;1-6-2-4-7(5-3-6)11(8,9)10/h1-4,15H,(H3,11,13,14);2-5H,1H3,(H,8,9,10)/b12-4+;. The Balaban J connectivity index is 0.000000273. The van der Waals surface area contributed by atoms with Crippen molar-refractivity contribution in [2.45, 2.75) is 11.8 Å². The van der Waals surface area contributed by atoms with E-state index in [2.05, 4.69) is 10.2 Å². The molecule has 0 saturated carbocycles. The van der Waals surface area contributed by atoms with E-state index in [0.29, 0.717) is 10.0 Å². The number of nitrogens with zero attached hydrogens (tertiary/aromatic N) is 2. The molecule has 0 heterocycles. The van der Waals surface area contributed by atoms with Gasteiger partial charge in [-0.1, -0.05) is 47.0 Å². The molecule has 5 N–H and O–H groups in total. The fourth-order valence-corrected chi connectivity index (χ4v) is 2.27. The van der Waals surface area contributed by atoms with Crippen LogP contribution < -0.4 is 11.2 Å². The van der Waals surface area contributed by atoms with E-state index in [9.17, 15) is 8.42 Å². The molecule has 2 aromatic rings. The predicted molar refractivity (Wildman–Crippen MR) is 102 cm³/mol. The zero-order valence-electron chi connectivity index (χ0n) is 13.5. The molecule has 0 aliphatic rings. The maximum Gasteiger partial charge on any atom is 0.294 e. The first-order valence-electron chi connectivity index (χ1n) is 6.89. The number of hydrogen-bond acceptors (Lipinski definition) is 5. The van der Waals surface area contributed by atoms with E-state index in [0.717, 1.165) is 11.1 Å². The van der Waals surface area contributed by atoms with Crippen molar-refractivity contribution in [2.24, 2.45) is 15.9 Å². The van der Waals surface area contributed by atoms with Crippen LogP contribution in [0.2, 0.25) is 10.0 Å². The third-order valence-electron chi connectivity index (χ3n) is 2.75. The van der Waals surface area contributed by atoms with Crippen molar-refractivity contribution in [2.75, 3.05) is 0 Å². The quantitative estimate of drug-likeness (QED) is 0.261. The number of aryl methyl sites for hydroxylation is 1. The van der Waals surface area contributed by atoms with Gasteiger partial charge < -0.3 is 5.73 Å². The molecule has 0 aliphatic heterocycles. The summed E-state index contributed by atoms with van der Waals surface area (Å²) in [6.45, 7) is 1.84. The van der Waals surface area contributed by atoms with Gasteiger partial charge in [-0.3, -0.25) is 9.76 Å². The van der Waals surface area contributed by atoms with Gasteiger partial charge in [-0.05, 0) is 36.8 Å². The van der Waals surface area contributed by atoms with Crippen molar-refractivity contribution in [3.63, 3.8) is 0 Å². The van der Waals surface area contributed by atoms with Crippen molar-refractivity contribution < 1.29 is 18.2 Å². The first kappa shape index (κ1) is 21.9. The number of nitrogens with two attached hydrogens (primary N) is 1. The van der Waals surface area contributed by atoms with E-state index < -0.39 is 10.1 Å². The van der Waals surface area contributed by atoms with Gasteiger partial charge in [0, 0.05) is 0 Å². The summed E-state index contributed by atoms with van der Waals surface area (Å²) in [6, 6.07) is 11.0. The molecule has 0 fully saturated rings. The fourth-order valence-electron chi connectivity index (χ4n) is 1.48. The van der Waals surface area contributed by atoms with Gasteiger partial charge in [0.05, 0.1) is 21.2 Å². The van der Waals surface area contributed by atoms with Crippen molar-refractivity contribution in [3.05, 3.63) is 63.6 Å². The lowest BCUT2D eigenvalue weighted by molar-refractivity contribution is 0.232. The largest absolute Gasteiger partial charge is 0.367 e.